The summed E-state index contributed by atoms with van der Waals surface area (Å²) < 4.78 is 35.9. The first-order chi connectivity index (χ1) is 12.8. The summed E-state index contributed by atoms with van der Waals surface area (Å²) in [6.45, 7) is 0.264. The van der Waals surface area contributed by atoms with Crippen molar-refractivity contribution in [2.24, 2.45) is 0 Å². The van der Waals surface area contributed by atoms with Crippen molar-refractivity contribution in [1.82, 2.24) is 9.62 Å². The molecule has 2 aromatic rings. The number of nitrogens with zero attached hydrogens (tertiary/aromatic N) is 1. The van der Waals surface area contributed by atoms with E-state index in [4.69, 9.17) is 9.47 Å². The van der Waals surface area contributed by atoms with E-state index in [2.05, 4.69) is 5.32 Å². The lowest BCUT2D eigenvalue weighted by Crippen LogP contribution is -2.29. The zero-order valence-electron chi connectivity index (χ0n) is 15.8. The Balaban J connectivity index is 2.06. The number of carbonyl (C=O) groups excluding carboxylic acids is 1. The standard InChI is InChI=1S/C19H24N2O5S/c1-21(2)27(23,24)17-10-8-14(9-11-17)19(22)20-13-18(26-4)15-6-5-7-16(12-15)25-3/h5-12,18H,13H2,1-4H3,(H,20,22). The van der Waals surface area contributed by atoms with Crippen molar-refractivity contribution >= 4 is 15.9 Å². The molecule has 0 aliphatic carbocycles. The quantitative estimate of drug-likeness (QED) is 0.743. The number of rotatable bonds is 8. The molecule has 0 heterocycles. The molecular formula is C19H24N2O5S. The van der Waals surface area contributed by atoms with Gasteiger partial charge < -0.3 is 14.8 Å². The largest absolute Gasteiger partial charge is 0.497 e. The lowest BCUT2D eigenvalue weighted by atomic mass is 10.1. The van der Waals surface area contributed by atoms with Gasteiger partial charge in [-0.2, -0.15) is 0 Å². The maximum absolute atomic E-state index is 12.4. The van der Waals surface area contributed by atoms with Gasteiger partial charge in [-0.1, -0.05) is 12.1 Å². The van der Waals surface area contributed by atoms with E-state index in [9.17, 15) is 13.2 Å². The van der Waals surface area contributed by atoms with E-state index in [1.807, 2.05) is 24.3 Å². The van der Waals surface area contributed by atoms with Crippen molar-refractivity contribution in [3.8, 4) is 5.75 Å². The van der Waals surface area contributed by atoms with Crippen molar-refractivity contribution in [3.63, 3.8) is 0 Å². The molecule has 1 unspecified atom stereocenters. The summed E-state index contributed by atoms with van der Waals surface area (Å²) in [5.41, 5.74) is 1.25. The van der Waals surface area contributed by atoms with Crippen LogP contribution in [0.4, 0.5) is 0 Å². The Morgan fingerprint density at radius 2 is 1.78 bits per heavy atom. The van der Waals surface area contributed by atoms with Gasteiger partial charge >= 0.3 is 0 Å². The second kappa shape index (κ2) is 8.98. The Hall–Kier alpha value is -2.42. The van der Waals surface area contributed by atoms with Crippen LogP contribution in [0.2, 0.25) is 0 Å². The number of amides is 1. The first kappa shape index (κ1) is 20.9. The number of benzene rings is 2. The molecule has 0 bridgehead atoms. The van der Waals surface area contributed by atoms with Crippen molar-refractivity contribution in [3.05, 3.63) is 59.7 Å². The summed E-state index contributed by atoms with van der Waals surface area (Å²) in [5.74, 6) is 0.396. The molecule has 0 aromatic heterocycles. The first-order valence-electron chi connectivity index (χ1n) is 8.27. The van der Waals surface area contributed by atoms with Crippen LogP contribution >= 0.6 is 0 Å². The number of sulfonamides is 1. The van der Waals surface area contributed by atoms with Gasteiger partial charge in [0.2, 0.25) is 10.0 Å². The molecular weight excluding hydrogens is 368 g/mol. The minimum Gasteiger partial charge on any atom is -0.497 e. The van der Waals surface area contributed by atoms with Crippen LogP contribution in [0.25, 0.3) is 0 Å². The molecule has 0 saturated carbocycles. The Kier molecular flexibility index (Phi) is 6.95. The van der Waals surface area contributed by atoms with Crippen molar-refractivity contribution in [2.75, 3.05) is 34.9 Å². The summed E-state index contributed by atoms with van der Waals surface area (Å²) >= 11 is 0. The highest BCUT2D eigenvalue weighted by Crippen LogP contribution is 2.21. The fourth-order valence-electron chi connectivity index (χ4n) is 2.46. The lowest BCUT2D eigenvalue weighted by Gasteiger charge is -2.17. The normalized spacial score (nSPS) is 12.6. The molecule has 2 rings (SSSR count). The first-order valence-corrected chi connectivity index (χ1v) is 9.71. The maximum atomic E-state index is 12.4. The summed E-state index contributed by atoms with van der Waals surface area (Å²) in [5, 5.41) is 2.80. The third-order valence-corrected chi connectivity index (χ3v) is 5.92. The number of ether oxygens (including phenoxy) is 2. The molecule has 0 saturated heterocycles. The van der Waals surface area contributed by atoms with Crippen LogP contribution in [0.1, 0.15) is 22.0 Å². The molecule has 1 atom stereocenters. The van der Waals surface area contributed by atoms with Gasteiger partial charge in [0.25, 0.3) is 5.91 Å². The average molecular weight is 392 g/mol. The summed E-state index contributed by atoms with van der Waals surface area (Å²) in [6.07, 6.45) is -0.336. The van der Waals surface area contributed by atoms with E-state index in [0.717, 1.165) is 9.87 Å². The monoisotopic (exact) mass is 392 g/mol. The van der Waals surface area contributed by atoms with Gasteiger partial charge in [0.1, 0.15) is 5.75 Å². The number of hydrogen-bond donors (Lipinski definition) is 1. The van der Waals surface area contributed by atoms with E-state index in [1.54, 1.807) is 14.2 Å². The van der Waals surface area contributed by atoms with Crippen LogP contribution in [-0.2, 0) is 14.8 Å². The van der Waals surface area contributed by atoms with Crippen LogP contribution in [0.3, 0.4) is 0 Å². The van der Waals surface area contributed by atoms with E-state index in [-0.39, 0.29) is 23.5 Å². The molecule has 27 heavy (non-hydrogen) atoms. The highest BCUT2D eigenvalue weighted by molar-refractivity contribution is 7.89. The molecule has 0 fully saturated rings. The Morgan fingerprint density at radius 3 is 2.33 bits per heavy atom. The number of nitrogens with one attached hydrogen (secondary N) is 1. The van der Waals surface area contributed by atoms with Crippen LogP contribution in [0, 0.1) is 0 Å². The Morgan fingerprint density at radius 1 is 1.11 bits per heavy atom. The molecule has 0 aliphatic rings. The minimum absolute atomic E-state index is 0.134. The third-order valence-electron chi connectivity index (χ3n) is 4.09. The molecule has 1 N–H and O–H groups in total. The van der Waals surface area contributed by atoms with Gasteiger partial charge in [-0.25, -0.2) is 12.7 Å². The summed E-state index contributed by atoms with van der Waals surface area (Å²) in [6, 6.07) is 13.2. The topological polar surface area (TPSA) is 84.9 Å². The molecule has 146 valence electrons. The lowest BCUT2D eigenvalue weighted by molar-refractivity contribution is 0.0827. The van der Waals surface area contributed by atoms with E-state index in [0.29, 0.717) is 11.3 Å². The zero-order valence-corrected chi connectivity index (χ0v) is 16.6. The highest BCUT2D eigenvalue weighted by atomic mass is 32.2. The van der Waals surface area contributed by atoms with Crippen LogP contribution < -0.4 is 10.1 Å². The molecule has 0 spiro atoms. The van der Waals surface area contributed by atoms with Crippen LogP contribution in [0.5, 0.6) is 5.75 Å². The second-order valence-electron chi connectivity index (χ2n) is 6.02. The van der Waals surface area contributed by atoms with Gasteiger partial charge in [-0.3, -0.25) is 4.79 Å². The molecule has 8 heteroatoms. The summed E-state index contributed by atoms with van der Waals surface area (Å²) in [7, 11) is 2.55. The average Bonchev–Trinajstić information content (AvgIpc) is 2.68. The SMILES string of the molecule is COc1cccc(C(CNC(=O)c2ccc(S(=O)(=O)N(C)C)cc2)OC)c1. The predicted molar refractivity (Wildman–Crippen MR) is 102 cm³/mol. The molecule has 1 amide bonds. The molecule has 2 aromatic carbocycles. The number of methoxy groups -OCH3 is 2. The smallest absolute Gasteiger partial charge is 0.251 e. The second-order valence-corrected chi connectivity index (χ2v) is 8.17. The van der Waals surface area contributed by atoms with Gasteiger partial charge in [0.15, 0.2) is 0 Å². The Labute approximate surface area is 160 Å². The van der Waals surface area contributed by atoms with Crippen molar-refractivity contribution in [2.45, 2.75) is 11.0 Å². The van der Waals surface area contributed by atoms with E-state index < -0.39 is 10.0 Å². The van der Waals surface area contributed by atoms with E-state index in [1.165, 1.54) is 38.4 Å². The van der Waals surface area contributed by atoms with Gasteiger partial charge in [-0.15, -0.1) is 0 Å². The minimum atomic E-state index is -3.52. The molecule has 0 radical (unpaired) electrons. The van der Waals surface area contributed by atoms with Crippen LogP contribution in [0.15, 0.2) is 53.4 Å². The van der Waals surface area contributed by atoms with Gasteiger partial charge in [0.05, 0.1) is 18.1 Å². The van der Waals surface area contributed by atoms with E-state index >= 15 is 0 Å². The number of carbonyl (C=O) groups is 1. The fourth-order valence-corrected chi connectivity index (χ4v) is 3.36. The zero-order chi connectivity index (χ0) is 20.0. The molecule has 0 aliphatic heterocycles. The number of hydrogen-bond acceptors (Lipinski definition) is 5. The van der Waals surface area contributed by atoms with Crippen molar-refractivity contribution < 1.29 is 22.7 Å². The fraction of sp³-hybridized carbons (Fsp3) is 0.316. The van der Waals surface area contributed by atoms with Crippen LogP contribution in [-0.4, -0.2) is 53.5 Å². The molecule has 7 nitrogen and oxygen atoms in total. The van der Waals surface area contributed by atoms with Crippen molar-refractivity contribution in [1.29, 1.82) is 0 Å². The highest BCUT2D eigenvalue weighted by Gasteiger charge is 2.18. The van der Waals surface area contributed by atoms with Gasteiger partial charge in [0, 0.05) is 33.3 Å². The maximum Gasteiger partial charge on any atom is 0.251 e. The Bertz CT molecular complexity index is 879. The third kappa shape index (κ3) is 5.06. The van der Waals surface area contributed by atoms with Gasteiger partial charge in [-0.05, 0) is 42.0 Å². The summed E-state index contributed by atoms with van der Waals surface area (Å²) in [4.78, 5) is 12.5. The predicted octanol–water partition coefficient (Wildman–Crippen LogP) is 2.06.